The van der Waals surface area contributed by atoms with E-state index in [1.165, 1.54) is 79.4 Å². The number of amides is 1. The van der Waals surface area contributed by atoms with Crippen molar-refractivity contribution in [1.29, 1.82) is 0 Å². The molecule has 5 rings (SSSR count). The number of carbonyl (C=O) groups is 1. The van der Waals surface area contributed by atoms with E-state index in [1.54, 1.807) is 4.88 Å². The number of thiophene rings is 1. The summed E-state index contributed by atoms with van der Waals surface area (Å²) in [5.41, 5.74) is 1.52. The van der Waals surface area contributed by atoms with E-state index in [9.17, 15) is 4.79 Å². The molecule has 2 aromatic rings. The first kappa shape index (κ1) is 20.2. The van der Waals surface area contributed by atoms with Crippen LogP contribution in [0.3, 0.4) is 0 Å². The van der Waals surface area contributed by atoms with Crippen LogP contribution in [0, 0.1) is 0 Å². The van der Waals surface area contributed by atoms with E-state index in [1.807, 2.05) is 16.2 Å². The molecule has 0 N–H and O–H groups in total. The van der Waals surface area contributed by atoms with Gasteiger partial charge in [0.25, 0.3) is 0 Å². The number of nitrogens with zero attached hydrogens (tertiary/aromatic N) is 4. The van der Waals surface area contributed by atoms with Gasteiger partial charge in [-0.15, -0.1) is 11.3 Å². The van der Waals surface area contributed by atoms with E-state index >= 15 is 0 Å². The van der Waals surface area contributed by atoms with Gasteiger partial charge in [0, 0.05) is 43.4 Å². The van der Waals surface area contributed by atoms with Crippen LogP contribution in [0.2, 0.25) is 0 Å². The van der Waals surface area contributed by atoms with Crippen LogP contribution < -0.4 is 4.90 Å². The van der Waals surface area contributed by atoms with Crippen molar-refractivity contribution < 1.29 is 4.79 Å². The molecule has 1 aliphatic heterocycles. The van der Waals surface area contributed by atoms with Crippen molar-refractivity contribution in [2.45, 2.75) is 83.5 Å². The Kier molecular flexibility index (Phi) is 5.94. The normalized spacial score (nSPS) is 20.6. The minimum Gasteiger partial charge on any atom is -0.352 e. The van der Waals surface area contributed by atoms with Crippen molar-refractivity contribution in [3.05, 3.63) is 16.3 Å². The van der Waals surface area contributed by atoms with Crippen LogP contribution in [0.5, 0.6) is 0 Å². The number of anilines is 1. The molecule has 3 aliphatic rings. The lowest BCUT2D eigenvalue weighted by molar-refractivity contribution is -0.131. The topological polar surface area (TPSA) is 49.3 Å². The Morgan fingerprint density at radius 1 is 1.00 bits per heavy atom. The Morgan fingerprint density at radius 3 is 2.53 bits per heavy atom. The zero-order chi connectivity index (χ0) is 20.5. The highest BCUT2D eigenvalue weighted by Crippen LogP contribution is 2.42. The molecule has 2 aliphatic carbocycles. The van der Waals surface area contributed by atoms with Crippen LogP contribution in [0.4, 0.5) is 5.82 Å². The van der Waals surface area contributed by atoms with Gasteiger partial charge in [-0.25, -0.2) is 9.97 Å². The summed E-state index contributed by atoms with van der Waals surface area (Å²) in [5, 5.41) is 1.34. The first-order chi connectivity index (χ1) is 14.7. The summed E-state index contributed by atoms with van der Waals surface area (Å²) >= 11 is 1.93. The van der Waals surface area contributed by atoms with E-state index in [0.29, 0.717) is 18.2 Å². The molecule has 6 heteroatoms. The van der Waals surface area contributed by atoms with Crippen LogP contribution in [0.1, 0.15) is 86.9 Å². The molecule has 5 nitrogen and oxygen atoms in total. The fourth-order valence-electron chi connectivity index (χ4n) is 5.47. The van der Waals surface area contributed by atoms with E-state index in [-0.39, 0.29) is 0 Å². The fraction of sp³-hybridized carbons (Fsp3) is 0.708. The summed E-state index contributed by atoms with van der Waals surface area (Å²) < 4.78 is 0. The number of rotatable bonds is 4. The van der Waals surface area contributed by atoms with Gasteiger partial charge in [-0.05, 0) is 50.5 Å². The molecule has 0 unspecified atom stereocenters. The number of piperazine rings is 1. The smallest absolute Gasteiger partial charge is 0.222 e. The van der Waals surface area contributed by atoms with Crippen molar-refractivity contribution in [3.63, 3.8) is 0 Å². The van der Waals surface area contributed by atoms with Crippen molar-refractivity contribution in [2.75, 3.05) is 31.1 Å². The van der Waals surface area contributed by atoms with Crippen molar-refractivity contribution in [2.24, 2.45) is 0 Å². The Bertz CT molecular complexity index is 910. The van der Waals surface area contributed by atoms with Gasteiger partial charge in [-0.3, -0.25) is 4.79 Å². The highest BCUT2D eigenvalue weighted by atomic mass is 32.1. The third-order valence-corrected chi connectivity index (χ3v) is 8.36. The number of aryl methyl sites for hydroxylation is 2. The molecule has 0 atom stereocenters. The molecule has 0 bridgehead atoms. The zero-order valence-electron chi connectivity index (χ0n) is 18.3. The third kappa shape index (κ3) is 3.83. The fourth-order valence-corrected chi connectivity index (χ4v) is 6.73. The number of fused-ring (bicyclic) bond motifs is 3. The van der Waals surface area contributed by atoms with Gasteiger partial charge in [0.1, 0.15) is 16.5 Å². The SMILES string of the molecule is CCCC(=O)N1CCN(c2nc(C3CCCCC3)nc3sc4c(c23)CCCC4)CC1. The van der Waals surface area contributed by atoms with E-state index in [0.717, 1.165) is 38.4 Å². The monoisotopic (exact) mass is 426 g/mol. The third-order valence-electron chi connectivity index (χ3n) is 7.18. The molecule has 2 fully saturated rings. The second kappa shape index (κ2) is 8.81. The maximum absolute atomic E-state index is 12.3. The summed E-state index contributed by atoms with van der Waals surface area (Å²) in [4.78, 5) is 30.0. The molecule has 3 heterocycles. The van der Waals surface area contributed by atoms with Crippen LogP contribution in [-0.4, -0.2) is 47.0 Å². The second-order valence-electron chi connectivity index (χ2n) is 9.25. The van der Waals surface area contributed by atoms with Crippen LogP contribution in [-0.2, 0) is 17.6 Å². The van der Waals surface area contributed by atoms with E-state index in [4.69, 9.17) is 9.97 Å². The van der Waals surface area contributed by atoms with Gasteiger partial charge in [-0.2, -0.15) is 0 Å². The summed E-state index contributed by atoms with van der Waals surface area (Å²) in [7, 11) is 0. The first-order valence-corrected chi connectivity index (χ1v) is 12.9. The highest BCUT2D eigenvalue weighted by Gasteiger charge is 2.29. The second-order valence-corrected chi connectivity index (χ2v) is 10.3. The Hall–Kier alpha value is -1.69. The predicted molar refractivity (Wildman–Crippen MR) is 124 cm³/mol. The zero-order valence-corrected chi connectivity index (χ0v) is 19.1. The van der Waals surface area contributed by atoms with Gasteiger partial charge in [0.05, 0.1) is 5.39 Å². The molecule has 30 heavy (non-hydrogen) atoms. The maximum atomic E-state index is 12.3. The lowest BCUT2D eigenvalue weighted by Gasteiger charge is -2.36. The van der Waals surface area contributed by atoms with Gasteiger partial charge in [-0.1, -0.05) is 26.2 Å². The predicted octanol–water partition coefficient (Wildman–Crippen LogP) is 5.07. The molecule has 162 valence electrons. The summed E-state index contributed by atoms with van der Waals surface area (Å²) in [6.45, 7) is 5.48. The lowest BCUT2D eigenvalue weighted by Crippen LogP contribution is -2.49. The molecular formula is C24H34N4OS. The van der Waals surface area contributed by atoms with E-state index < -0.39 is 0 Å². The van der Waals surface area contributed by atoms with Gasteiger partial charge < -0.3 is 9.80 Å². The molecule has 1 saturated carbocycles. The molecule has 0 aromatic carbocycles. The quantitative estimate of drug-likeness (QED) is 0.685. The number of carbonyl (C=O) groups excluding carboxylic acids is 1. The molecule has 1 amide bonds. The lowest BCUT2D eigenvalue weighted by atomic mass is 9.88. The molecular weight excluding hydrogens is 392 g/mol. The summed E-state index contributed by atoms with van der Waals surface area (Å²) in [6.07, 6.45) is 13.0. The Balaban J connectivity index is 1.49. The summed E-state index contributed by atoms with van der Waals surface area (Å²) in [6, 6.07) is 0. The van der Waals surface area contributed by atoms with E-state index in [2.05, 4.69) is 11.8 Å². The van der Waals surface area contributed by atoms with Crippen LogP contribution in [0.15, 0.2) is 0 Å². The average molecular weight is 427 g/mol. The van der Waals surface area contributed by atoms with Crippen molar-refractivity contribution in [1.82, 2.24) is 14.9 Å². The van der Waals surface area contributed by atoms with Crippen LogP contribution >= 0.6 is 11.3 Å². The highest BCUT2D eigenvalue weighted by molar-refractivity contribution is 7.19. The Morgan fingerprint density at radius 2 is 1.77 bits per heavy atom. The molecule has 0 spiro atoms. The molecule has 2 aromatic heterocycles. The molecule has 0 radical (unpaired) electrons. The number of aromatic nitrogens is 2. The van der Waals surface area contributed by atoms with Gasteiger partial charge in [0.2, 0.25) is 5.91 Å². The standard InChI is InChI=1S/C24H34N4OS/c1-2-8-20(29)27-13-15-28(16-14-27)23-21-18-11-6-7-12-19(18)30-24(21)26-22(25-23)17-9-4-3-5-10-17/h17H,2-16H2,1H3. The largest absolute Gasteiger partial charge is 0.352 e. The van der Waals surface area contributed by atoms with Crippen molar-refractivity contribution in [3.8, 4) is 0 Å². The van der Waals surface area contributed by atoms with Crippen molar-refractivity contribution >= 4 is 33.3 Å². The number of hydrogen-bond acceptors (Lipinski definition) is 5. The van der Waals surface area contributed by atoms with Crippen LogP contribution in [0.25, 0.3) is 10.2 Å². The first-order valence-electron chi connectivity index (χ1n) is 12.1. The van der Waals surface area contributed by atoms with Gasteiger partial charge in [0.15, 0.2) is 0 Å². The Labute approximate surface area is 183 Å². The minimum atomic E-state index is 0.306. The number of hydrogen-bond donors (Lipinski definition) is 0. The summed E-state index contributed by atoms with van der Waals surface area (Å²) in [5.74, 6) is 3.08. The minimum absolute atomic E-state index is 0.306. The maximum Gasteiger partial charge on any atom is 0.222 e. The van der Waals surface area contributed by atoms with Gasteiger partial charge >= 0.3 is 0 Å². The molecule has 1 saturated heterocycles. The average Bonchev–Trinajstić information content (AvgIpc) is 3.18.